The number of sulfonamides is 1. The number of hydrogen-bond donors (Lipinski definition) is 1. The predicted octanol–water partition coefficient (Wildman–Crippen LogP) is 4.41. The predicted molar refractivity (Wildman–Crippen MR) is 116 cm³/mol. The zero-order valence-corrected chi connectivity index (χ0v) is 18.2. The molecule has 0 spiro atoms. The first kappa shape index (κ1) is 21.5. The summed E-state index contributed by atoms with van der Waals surface area (Å²) in [5.74, 6) is 0.165. The summed E-state index contributed by atoms with van der Waals surface area (Å²) in [6, 6.07) is 14.9. The van der Waals surface area contributed by atoms with Gasteiger partial charge in [0.1, 0.15) is 0 Å². The number of anilines is 1. The highest BCUT2D eigenvalue weighted by Gasteiger charge is 2.32. The number of hydrogen-bond acceptors (Lipinski definition) is 3. The molecule has 1 heterocycles. The smallest absolute Gasteiger partial charge is 0.243 e. The first-order chi connectivity index (χ1) is 13.8. The molecule has 1 amide bonds. The number of rotatable bonds is 6. The van der Waals surface area contributed by atoms with E-state index in [9.17, 15) is 13.2 Å². The van der Waals surface area contributed by atoms with Crippen molar-refractivity contribution in [2.24, 2.45) is 5.92 Å². The number of para-hydroxylation sites is 1. The second kappa shape index (κ2) is 9.09. The quantitative estimate of drug-likeness (QED) is 0.761. The maximum absolute atomic E-state index is 12.9. The van der Waals surface area contributed by atoms with Crippen molar-refractivity contribution in [2.45, 2.75) is 50.8 Å². The van der Waals surface area contributed by atoms with Gasteiger partial charge in [0, 0.05) is 24.7 Å². The molecule has 156 valence electrons. The van der Waals surface area contributed by atoms with Gasteiger partial charge >= 0.3 is 0 Å². The molecule has 0 saturated carbocycles. The minimum Gasteiger partial charge on any atom is -0.326 e. The van der Waals surface area contributed by atoms with Crippen molar-refractivity contribution in [1.29, 1.82) is 0 Å². The molecule has 1 aliphatic rings. The molecule has 2 aromatic rings. The molecule has 0 unspecified atom stereocenters. The zero-order valence-electron chi connectivity index (χ0n) is 17.4. The summed E-state index contributed by atoms with van der Waals surface area (Å²) < 4.78 is 27.4. The Morgan fingerprint density at radius 3 is 2.28 bits per heavy atom. The van der Waals surface area contributed by atoms with Crippen LogP contribution in [0.4, 0.5) is 5.69 Å². The minimum atomic E-state index is -3.52. The normalized spacial score (nSPS) is 16.1. The molecule has 6 heteroatoms. The molecule has 0 atom stereocenters. The molecule has 29 heavy (non-hydrogen) atoms. The highest BCUT2D eigenvalue weighted by atomic mass is 32.2. The van der Waals surface area contributed by atoms with Crippen LogP contribution in [0.25, 0.3) is 0 Å². The lowest BCUT2D eigenvalue weighted by Gasteiger charge is -2.30. The highest BCUT2D eigenvalue weighted by Crippen LogP contribution is 2.26. The van der Waals surface area contributed by atoms with Crippen LogP contribution in [0.1, 0.15) is 50.7 Å². The van der Waals surface area contributed by atoms with Crippen molar-refractivity contribution in [3.63, 3.8) is 0 Å². The summed E-state index contributed by atoms with van der Waals surface area (Å²) in [6.07, 6.45) is 1.91. The Morgan fingerprint density at radius 2 is 1.69 bits per heavy atom. The fourth-order valence-electron chi connectivity index (χ4n) is 3.72. The zero-order chi connectivity index (χ0) is 21.0. The van der Waals surface area contributed by atoms with E-state index in [1.807, 2.05) is 36.4 Å². The Morgan fingerprint density at radius 1 is 1.07 bits per heavy atom. The largest absolute Gasteiger partial charge is 0.326 e. The lowest BCUT2D eigenvalue weighted by Crippen LogP contribution is -2.41. The van der Waals surface area contributed by atoms with E-state index in [0.717, 1.165) is 23.2 Å². The number of piperidine rings is 1. The number of nitrogens with one attached hydrogen (secondary N) is 1. The van der Waals surface area contributed by atoms with Crippen molar-refractivity contribution in [1.82, 2.24) is 4.31 Å². The molecule has 0 bridgehead atoms. The molecule has 1 saturated heterocycles. The Hall–Kier alpha value is -2.18. The summed E-state index contributed by atoms with van der Waals surface area (Å²) in [5, 5.41) is 3.03. The van der Waals surface area contributed by atoms with Crippen LogP contribution in [-0.4, -0.2) is 31.7 Å². The van der Waals surface area contributed by atoms with Crippen molar-refractivity contribution in [3.8, 4) is 0 Å². The average molecular weight is 415 g/mol. The highest BCUT2D eigenvalue weighted by molar-refractivity contribution is 7.89. The lowest BCUT2D eigenvalue weighted by atomic mass is 9.97. The molecule has 5 nitrogen and oxygen atoms in total. The van der Waals surface area contributed by atoms with Crippen LogP contribution in [0.2, 0.25) is 0 Å². The first-order valence-electron chi connectivity index (χ1n) is 10.3. The number of benzene rings is 2. The third-order valence-electron chi connectivity index (χ3n) is 5.67. The number of aryl methyl sites for hydroxylation is 1. The molecule has 2 aromatic carbocycles. The molecule has 1 fully saturated rings. The SMILES string of the molecule is CCc1ccccc1NC(=O)C1CCN(S(=O)(=O)c2ccc(C(C)C)cc2)CC1. The Labute approximate surface area is 174 Å². The van der Waals surface area contributed by atoms with Gasteiger partial charge in [0.25, 0.3) is 0 Å². The van der Waals surface area contributed by atoms with Gasteiger partial charge in [-0.15, -0.1) is 0 Å². The van der Waals surface area contributed by atoms with E-state index in [2.05, 4.69) is 26.1 Å². The van der Waals surface area contributed by atoms with Crippen molar-refractivity contribution < 1.29 is 13.2 Å². The summed E-state index contributed by atoms with van der Waals surface area (Å²) in [6.45, 7) is 6.95. The molecular weight excluding hydrogens is 384 g/mol. The van der Waals surface area contributed by atoms with Crippen LogP contribution in [0.3, 0.4) is 0 Å². The number of carbonyl (C=O) groups is 1. The van der Waals surface area contributed by atoms with Crippen LogP contribution in [-0.2, 0) is 21.2 Å². The summed E-state index contributed by atoms with van der Waals surface area (Å²) >= 11 is 0. The molecule has 1 aliphatic heterocycles. The van der Waals surface area contributed by atoms with Crippen molar-refractivity contribution in [2.75, 3.05) is 18.4 Å². The topological polar surface area (TPSA) is 66.5 Å². The third-order valence-corrected chi connectivity index (χ3v) is 7.58. The average Bonchev–Trinajstić information content (AvgIpc) is 2.74. The van der Waals surface area contributed by atoms with E-state index < -0.39 is 10.0 Å². The second-order valence-electron chi connectivity index (χ2n) is 7.90. The second-order valence-corrected chi connectivity index (χ2v) is 9.84. The number of amides is 1. The molecule has 1 N–H and O–H groups in total. The van der Waals surface area contributed by atoms with Gasteiger partial charge in [-0.2, -0.15) is 4.31 Å². The van der Waals surface area contributed by atoms with Gasteiger partial charge in [-0.25, -0.2) is 8.42 Å². The standard InChI is InChI=1S/C23H30N2O3S/c1-4-18-7-5-6-8-22(18)24-23(26)20-13-15-25(16-14-20)29(27,28)21-11-9-19(10-12-21)17(2)3/h5-12,17,20H,4,13-16H2,1-3H3,(H,24,26). The molecule has 0 aromatic heterocycles. The van der Waals surface area contributed by atoms with E-state index in [-0.39, 0.29) is 11.8 Å². The van der Waals surface area contributed by atoms with Gasteiger partial charge in [-0.05, 0) is 54.5 Å². The van der Waals surface area contributed by atoms with Crippen molar-refractivity contribution in [3.05, 3.63) is 59.7 Å². The van der Waals surface area contributed by atoms with Crippen LogP contribution in [0.15, 0.2) is 53.4 Å². The van der Waals surface area contributed by atoms with E-state index in [4.69, 9.17) is 0 Å². The maximum Gasteiger partial charge on any atom is 0.243 e. The summed E-state index contributed by atoms with van der Waals surface area (Å²) in [5.41, 5.74) is 3.07. The molecule has 3 rings (SSSR count). The van der Waals surface area contributed by atoms with Gasteiger partial charge in [-0.1, -0.05) is 51.1 Å². The van der Waals surface area contributed by atoms with Gasteiger partial charge in [-0.3, -0.25) is 4.79 Å². The summed E-state index contributed by atoms with van der Waals surface area (Å²) in [4.78, 5) is 13.0. The van der Waals surface area contributed by atoms with E-state index >= 15 is 0 Å². The first-order valence-corrected chi connectivity index (χ1v) is 11.8. The van der Waals surface area contributed by atoms with E-state index in [1.165, 1.54) is 4.31 Å². The number of carbonyl (C=O) groups excluding carboxylic acids is 1. The van der Waals surface area contributed by atoms with Gasteiger partial charge in [0.15, 0.2) is 0 Å². The molecule has 0 radical (unpaired) electrons. The molecule has 0 aliphatic carbocycles. The van der Waals surface area contributed by atoms with Crippen LogP contribution >= 0.6 is 0 Å². The maximum atomic E-state index is 12.9. The van der Waals surface area contributed by atoms with Gasteiger partial charge < -0.3 is 5.32 Å². The Bertz CT molecular complexity index is 944. The minimum absolute atomic E-state index is 0.0239. The van der Waals surface area contributed by atoms with Crippen LogP contribution in [0.5, 0.6) is 0 Å². The van der Waals surface area contributed by atoms with Gasteiger partial charge in [0.05, 0.1) is 4.90 Å². The summed E-state index contributed by atoms with van der Waals surface area (Å²) in [7, 11) is -3.52. The lowest BCUT2D eigenvalue weighted by molar-refractivity contribution is -0.120. The fourth-order valence-corrected chi connectivity index (χ4v) is 5.19. The Balaban J connectivity index is 1.62. The molecular formula is C23H30N2O3S. The van der Waals surface area contributed by atoms with Crippen LogP contribution < -0.4 is 5.32 Å². The van der Waals surface area contributed by atoms with E-state index in [1.54, 1.807) is 12.1 Å². The number of nitrogens with zero attached hydrogens (tertiary/aromatic N) is 1. The monoisotopic (exact) mass is 414 g/mol. The van der Waals surface area contributed by atoms with E-state index in [0.29, 0.717) is 36.7 Å². The Kier molecular flexibility index (Phi) is 6.75. The van der Waals surface area contributed by atoms with Crippen LogP contribution in [0, 0.1) is 5.92 Å². The fraction of sp³-hybridized carbons (Fsp3) is 0.435. The van der Waals surface area contributed by atoms with Crippen molar-refractivity contribution >= 4 is 21.6 Å². The van der Waals surface area contributed by atoms with Gasteiger partial charge in [0.2, 0.25) is 15.9 Å². The third kappa shape index (κ3) is 4.87.